The van der Waals surface area contributed by atoms with Gasteiger partial charge in [-0.1, -0.05) is 18.2 Å². The zero-order chi connectivity index (χ0) is 9.40. The van der Waals surface area contributed by atoms with Crippen LogP contribution in [0.25, 0.3) is 0 Å². The van der Waals surface area contributed by atoms with E-state index in [0.717, 1.165) is 12.0 Å². The van der Waals surface area contributed by atoms with Gasteiger partial charge in [0.05, 0.1) is 6.07 Å². The Morgan fingerprint density at radius 3 is 2.83 bits per heavy atom. The van der Waals surface area contributed by atoms with Crippen molar-refractivity contribution in [1.29, 1.82) is 5.26 Å². The molecule has 0 heterocycles. The second-order valence-corrected chi connectivity index (χ2v) is 2.49. The van der Waals surface area contributed by atoms with Crippen molar-refractivity contribution in [3.8, 4) is 6.07 Å². The Labute approximate surface area is 73.7 Å². The van der Waals surface area contributed by atoms with E-state index in [1.165, 1.54) is 0 Å². The number of rotatable bonds is 4. The summed E-state index contributed by atoms with van der Waals surface area (Å²) in [5.74, 6) is 0. The summed E-state index contributed by atoms with van der Waals surface area (Å²) in [5.41, 5.74) is 7.24. The number of nitrogens with zero attached hydrogens (tertiary/aromatic N) is 1. The minimum atomic E-state index is 0.555. The molecule has 0 spiro atoms. The first-order valence-electron chi connectivity index (χ1n) is 3.84. The highest BCUT2D eigenvalue weighted by Gasteiger charge is 1.85. The highest BCUT2D eigenvalue weighted by molar-refractivity contribution is 5.25. The maximum atomic E-state index is 8.27. The third kappa shape index (κ3) is 5.31. The zero-order valence-electron chi connectivity index (χ0n) is 7.38. The summed E-state index contributed by atoms with van der Waals surface area (Å²) in [5, 5.41) is 8.27. The summed E-state index contributed by atoms with van der Waals surface area (Å²) in [6.07, 6.45) is 6.76. The van der Waals surface area contributed by atoms with Gasteiger partial charge in [-0.05, 0) is 25.5 Å². The van der Waals surface area contributed by atoms with E-state index in [2.05, 4.69) is 12.6 Å². The Balaban J connectivity index is 4.03. The molecular weight excluding hydrogens is 148 g/mol. The summed E-state index contributed by atoms with van der Waals surface area (Å²) < 4.78 is 0. The second kappa shape index (κ2) is 6.23. The highest BCUT2D eigenvalue weighted by Crippen LogP contribution is 2.01. The number of unbranched alkanes of at least 4 members (excludes halogenated alkanes) is 1. The Bertz CT molecular complexity index is 241. The van der Waals surface area contributed by atoms with E-state index in [9.17, 15) is 0 Å². The molecule has 0 amide bonds. The molecule has 0 aromatic rings. The molecule has 0 rings (SSSR count). The minimum Gasteiger partial charge on any atom is -0.399 e. The van der Waals surface area contributed by atoms with Gasteiger partial charge in [-0.3, -0.25) is 0 Å². The number of hydrogen-bond acceptors (Lipinski definition) is 2. The average molecular weight is 162 g/mol. The molecule has 0 aliphatic carbocycles. The molecule has 0 aromatic carbocycles. The standard InChI is InChI=1S/C10H14N2/c1-3-10(12)8-9(2)6-4-5-7-11/h3,6,8H,1,4-5,12H2,2H3/b9-6-,10-8+. The molecule has 0 bridgehead atoms. The molecule has 0 saturated carbocycles. The molecule has 0 atom stereocenters. The van der Waals surface area contributed by atoms with Gasteiger partial charge in [0.25, 0.3) is 0 Å². The fraction of sp³-hybridized carbons (Fsp3) is 0.300. The van der Waals surface area contributed by atoms with Gasteiger partial charge >= 0.3 is 0 Å². The van der Waals surface area contributed by atoms with E-state index >= 15 is 0 Å². The predicted molar refractivity (Wildman–Crippen MR) is 51.1 cm³/mol. The fourth-order valence-corrected chi connectivity index (χ4v) is 0.745. The van der Waals surface area contributed by atoms with E-state index in [0.29, 0.717) is 12.1 Å². The van der Waals surface area contributed by atoms with Crippen LogP contribution < -0.4 is 5.73 Å². The molecule has 0 aliphatic rings. The molecule has 0 aliphatic heterocycles. The average Bonchev–Trinajstić information content (AvgIpc) is 2.05. The smallest absolute Gasteiger partial charge is 0.0625 e. The third-order valence-electron chi connectivity index (χ3n) is 1.35. The van der Waals surface area contributed by atoms with Crippen LogP contribution in [0.1, 0.15) is 19.8 Å². The summed E-state index contributed by atoms with van der Waals surface area (Å²) in [6, 6.07) is 2.07. The Morgan fingerprint density at radius 1 is 1.67 bits per heavy atom. The van der Waals surface area contributed by atoms with Crippen LogP contribution >= 0.6 is 0 Å². The van der Waals surface area contributed by atoms with Crippen molar-refractivity contribution < 1.29 is 0 Å². The number of allylic oxidation sites excluding steroid dienone is 4. The van der Waals surface area contributed by atoms with Gasteiger partial charge < -0.3 is 5.73 Å². The lowest BCUT2D eigenvalue weighted by atomic mass is 10.2. The van der Waals surface area contributed by atoms with E-state index in [-0.39, 0.29) is 0 Å². The van der Waals surface area contributed by atoms with Crippen molar-refractivity contribution in [3.63, 3.8) is 0 Å². The summed E-state index contributed by atoms with van der Waals surface area (Å²) in [6.45, 7) is 5.49. The monoisotopic (exact) mass is 162 g/mol. The zero-order valence-corrected chi connectivity index (χ0v) is 7.38. The van der Waals surface area contributed by atoms with Crippen LogP contribution in [0.15, 0.2) is 36.1 Å². The first-order chi connectivity index (χ1) is 5.70. The normalized spacial score (nSPS) is 12.3. The maximum absolute atomic E-state index is 8.27. The van der Waals surface area contributed by atoms with E-state index in [1.807, 2.05) is 19.1 Å². The molecule has 2 nitrogen and oxygen atoms in total. The quantitative estimate of drug-likeness (QED) is 0.509. The van der Waals surface area contributed by atoms with E-state index in [1.54, 1.807) is 6.08 Å². The molecule has 0 unspecified atom stereocenters. The van der Waals surface area contributed by atoms with Crippen LogP contribution in [0.2, 0.25) is 0 Å². The van der Waals surface area contributed by atoms with Crippen molar-refractivity contribution in [2.24, 2.45) is 5.73 Å². The predicted octanol–water partition coefficient (Wildman–Crippen LogP) is 2.27. The first-order valence-corrected chi connectivity index (χ1v) is 3.84. The highest BCUT2D eigenvalue weighted by atomic mass is 14.5. The number of nitrogens with two attached hydrogens (primary N) is 1. The van der Waals surface area contributed by atoms with E-state index in [4.69, 9.17) is 11.0 Å². The lowest BCUT2D eigenvalue weighted by Crippen LogP contribution is -1.91. The second-order valence-electron chi connectivity index (χ2n) is 2.49. The van der Waals surface area contributed by atoms with Crippen LogP contribution in [-0.4, -0.2) is 0 Å². The SMILES string of the molecule is C=C/C(N)=C\C(C)=C/CCC#N. The van der Waals surface area contributed by atoms with Crippen molar-refractivity contribution >= 4 is 0 Å². The lowest BCUT2D eigenvalue weighted by Gasteiger charge is -1.93. The van der Waals surface area contributed by atoms with Crippen LogP contribution in [-0.2, 0) is 0 Å². The molecule has 2 heteroatoms. The molecule has 0 radical (unpaired) electrons. The summed E-state index contributed by atoms with van der Waals surface area (Å²) in [4.78, 5) is 0. The Kier molecular flexibility index (Phi) is 5.46. The largest absolute Gasteiger partial charge is 0.399 e. The lowest BCUT2D eigenvalue weighted by molar-refractivity contribution is 1.05. The van der Waals surface area contributed by atoms with Gasteiger partial charge in [0, 0.05) is 12.1 Å². The van der Waals surface area contributed by atoms with Crippen LogP contribution in [0.4, 0.5) is 0 Å². The van der Waals surface area contributed by atoms with Gasteiger partial charge in [-0.15, -0.1) is 0 Å². The molecule has 12 heavy (non-hydrogen) atoms. The topological polar surface area (TPSA) is 49.8 Å². The van der Waals surface area contributed by atoms with Crippen LogP contribution in [0.5, 0.6) is 0 Å². The van der Waals surface area contributed by atoms with Crippen molar-refractivity contribution in [1.82, 2.24) is 0 Å². The van der Waals surface area contributed by atoms with Gasteiger partial charge in [0.15, 0.2) is 0 Å². The number of nitriles is 1. The molecule has 0 aromatic heterocycles. The Hall–Kier alpha value is -1.49. The van der Waals surface area contributed by atoms with E-state index < -0.39 is 0 Å². The van der Waals surface area contributed by atoms with Crippen molar-refractivity contribution in [2.45, 2.75) is 19.8 Å². The molecule has 0 fully saturated rings. The van der Waals surface area contributed by atoms with Gasteiger partial charge in [-0.25, -0.2) is 0 Å². The Morgan fingerprint density at radius 2 is 2.33 bits per heavy atom. The molecular formula is C10H14N2. The summed E-state index contributed by atoms with van der Waals surface area (Å²) >= 11 is 0. The first kappa shape index (κ1) is 10.5. The molecule has 0 saturated heterocycles. The molecule has 2 N–H and O–H groups in total. The molecule has 64 valence electrons. The van der Waals surface area contributed by atoms with Gasteiger partial charge in [0.2, 0.25) is 0 Å². The number of hydrogen-bond donors (Lipinski definition) is 1. The van der Waals surface area contributed by atoms with Crippen molar-refractivity contribution in [2.75, 3.05) is 0 Å². The fourth-order valence-electron chi connectivity index (χ4n) is 0.745. The van der Waals surface area contributed by atoms with Crippen molar-refractivity contribution in [3.05, 3.63) is 36.1 Å². The van der Waals surface area contributed by atoms with Gasteiger partial charge in [-0.2, -0.15) is 5.26 Å². The maximum Gasteiger partial charge on any atom is 0.0625 e. The summed E-state index contributed by atoms with van der Waals surface area (Å²) in [7, 11) is 0. The van der Waals surface area contributed by atoms with Crippen LogP contribution in [0.3, 0.4) is 0 Å². The third-order valence-corrected chi connectivity index (χ3v) is 1.35. The minimum absolute atomic E-state index is 0.555. The van der Waals surface area contributed by atoms with Crippen LogP contribution in [0, 0.1) is 11.3 Å². The van der Waals surface area contributed by atoms with Gasteiger partial charge in [0.1, 0.15) is 0 Å².